The average molecular weight is 319 g/mol. The highest BCUT2D eigenvalue weighted by atomic mass is 16.5. The van der Waals surface area contributed by atoms with Crippen LogP contribution < -0.4 is 9.47 Å². The lowest BCUT2D eigenvalue weighted by atomic mass is 9.91. The zero-order valence-corrected chi connectivity index (χ0v) is 13.3. The monoisotopic (exact) mass is 319 g/mol. The van der Waals surface area contributed by atoms with E-state index in [9.17, 15) is 9.59 Å². The molecule has 1 N–H and O–H groups in total. The third-order valence-corrected chi connectivity index (χ3v) is 4.63. The maximum absolute atomic E-state index is 12.1. The minimum Gasteiger partial charge on any atom is -0.497 e. The molecule has 2 atom stereocenters. The SMILES string of the molecule is COc1cc(CC2CN(C(=O)C3CC3C(=O)O)C2)cc(OC)c1. The van der Waals surface area contributed by atoms with Crippen LogP contribution in [0.1, 0.15) is 12.0 Å². The lowest BCUT2D eigenvalue weighted by molar-refractivity contribution is -0.144. The average Bonchev–Trinajstić information content (AvgIpc) is 3.30. The fourth-order valence-corrected chi connectivity index (χ4v) is 3.17. The Labute approximate surface area is 135 Å². The van der Waals surface area contributed by atoms with E-state index >= 15 is 0 Å². The number of methoxy groups -OCH3 is 2. The van der Waals surface area contributed by atoms with E-state index in [4.69, 9.17) is 14.6 Å². The van der Waals surface area contributed by atoms with Gasteiger partial charge in [0.25, 0.3) is 0 Å². The first-order valence-electron chi connectivity index (χ1n) is 7.75. The van der Waals surface area contributed by atoms with E-state index in [0.717, 1.165) is 23.5 Å². The highest BCUT2D eigenvalue weighted by molar-refractivity contribution is 5.89. The van der Waals surface area contributed by atoms with E-state index in [1.807, 2.05) is 18.2 Å². The summed E-state index contributed by atoms with van der Waals surface area (Å²) in [6.07, 6.45) is 1.34. The molecule has 6 nitrogen and oxygen atoms in total. The van der Waals surface area contributed by atoms with Crippen molar-refractivity contribution < 1.29 is 24.2 Å². The van der Waals surface area contributed by atoms with Gasteiger partial charge in [-0.3, -0.25) is 9.59 Å². The largest absolute Gasteiger partial charge is 0.497 e. The van der Waals surface area contributed by atoms with Gasteiger partial charge in [-0.2, -0.15) is 0 Å². The molecule has 1 amide bonds. The summed E-state index contributed by atoms with van der Waals surface area (Å²) in [5.41, 5.74) is 1.12. The zero-order valence-electron chi connectivity index (χ0n) is 13.3. The molecule has 0 aromatic heterocycles. The number of amides is 1. The smallest absolute Gasteiger partial charge is 0.307 e. The Balaban J connectivity index is 1.52. The zero-order chi connectivity index (χ0) is 16.6. The standard InChI is InChI=1S/C17H21NO5/c1-22-12-4-10(5-13(6-12)23-2)3-11-8-18(9-11)16(19)14-7-15(14)17(20)21/h4-6,11,14-15H,3,7-9H2,1-2H3,(H,20,21). The predicted octanol–water partition coefficient (Wildman–Crippen LogP) is 1.43. The Morgan fingerprint density at radius 2 is 1.74 bits per heavy atom. The maximum atomic E-state index is 12.1. The number of hydrogen-bond donors (Lipinski definition) is 1. The van der Waals surface area contributed by atoms with E-state index < -0.39 is 11.9 Å². The van der Waals surface area contributed by atoms with Gasteiger partial charge in [0.1, 0.15) is 11.5 Å². The molecule has 2 fully saturated rings. The summed E-state index contributed by atoms with van der Waals surface area (Å²) >= 11 is 0. The van der Waals surface area contributed by atoms with E-state index in [1.54, 1.807) is 19.1 Å². The molecule has 3 rings (SSSR count). The molecule has 6 heteroatoms. The highest BCUT2D eigenvalue weighted by Crippen LogP contribution is 2.41. The number of benzene rings is 1. The number of aliphatic carboxylic acids is 1. The Hall–Kier alpha value is -2.24. The van der Waals surface area contributed by atoms with Gasteiger partial charge in [0.05, 0.1) is 26.1 Å². The molecule has 0 radical (unpaired) electrons. The molecule has 1 saturated heterocycles. The Morgan fingerprint density at radius 3 is 2.22 bits per heavy atom. The molecule has 0 spiro atoms. The van der Waals surface area contributed by atoms with Crippen LogP contribution in [0.4, 0.5) is 0 Å². The molecule has 124 valence electrons. The molecule has 2 unspecified atom stereocenters. The fraction of sp³-hybridized carbons (Fsp3) is 0.529. The summed E-state index contributed by atoms with van der Waals surface area (Å²) in [5, 5.41) is 8.90. The molecular weight excluding hydrogens is 298 g/mol. The van der Waals surface area contributed by atoms with Crippen LogP contribution in [0.15, 0.2) is 18.2 Å². The van der Waals surface area contributed by atoms with Crippen LogP contribution >= 0.6 is 0 Å². The van der Waals surface area contributed by atoms with E-state index in [0.29, 0.717) is 25.4 Å². The number of carbonyl (C=O) groups excluding carboxylic acids is 1. The van der Waals surface area contributed by atoms with Crippen molar-refractivity contribution in [2.45, 2.75) is 12.8 Å². The lowest BCUT2D eigenvalue weighted by Crippen LogP contribution is -2.51. The Bertz CT molecular complexity index is 601. The van der Waals surface area contributed by atoms with Crippen LogP contribution in [0.3, 0.4) is 0 Å². The first-order chi connectivity index (χ1) is 11.0. The van der Waals surface area contributed by atoms with Crippen LogP contribution in [-0.4, -0.2) is 49.2 Å². The van der Waals surface area contributed by atoms with Gasteiger partial charge >= 0.3 is 5.97 Å². The number of likely N-dealkylation sites (tertiary alicyclic amines) is 1. The van der Waals surface area contributed by atoms with Gasteiger partial charge in [-0.25, -0.2) is 0 Å². The summed E-state index contributed by atoms with van der Waals surface area (Å²) in [6, 6.07) is 5.79. The first-order valence-corrected chi connectivity index (χ1v) is 7.75. The van der Waals surface area contributed by atoms with Crippen molar-refractivity contribution in [2.24, 2.45) is 17.8 Å². The summed E-state index contributed by atoms with van der Waals surface area (Å²) in [7, 11) is 3.24. The number of carbonyl (C=O) groups is 2. The van der Waals surface area contributed by atoms with Crippen LogP contribution in [-0.2, 0) is 16.0 Å². The van der Waals surface area contributed by atoms with Crippen molar-refractivity contribution in [1.82, 2.24) is 4.90 Å². The van der Waals surface area contributed by atoms with E-state index in [2.05, 4.69) is 0 Å². The second kappa shape index (κ2) is 6.10. The number of rotatable bonds is 6. The third-order valence-electron chi connectivity index (χ3n) is 4.63. The number of carboxylic acid groups (broad SMARTS) is 1. The molecule has 0 bridgehead atoms. The van der Waals surface area contributed by atoms with Crippen molar-refractivity contribution in [1.29, 1.82) is 0 Å². The van der Waals surface area contributed by atoms with Gasteiger partial charge in [-0.05, 0) is 36.5 Å². The summed E-state index contributed by atoms with van der Waals surface area (Å²) in [4.78, 5) is 24.7. The van der Waals surface area contributed by atoms with Gasteiger partial charge in [0.2, 0.25) is 5.91 Å². The van der Waals surface area contributed by atoms with Crippen molar-refractivity contribution in [3.8, 4) is 11.5 Å². The predicted molar refractivity (Wildman–Crippen MR) is 82.6 cm³/mol. The highest BCUT2D eigenvalue weighted by Gasteiger charge is 2.51. The molecule has 2 aliphatic rings. The van der Waals surface area contributed by atoms with Gasteiger partial charge in [-0.15, -0.1) is 0 Å². The van der Waals surface area contributed by atoms with Gasteiger partial charge in [-0.1, -0.05) is 0 Å². The van der Waals surface area contributed by atoms with Gasteiger partial charge in [0, 0.05) is 19.2 Å². The molecule has 1 heterocycles. The van der Waals surface area contributed by atoms with Crippen LogP contribution in [0.25, 0.3) is 0 Å². The summed E-state index contributed by atoms with van der Waals surface area (Å²) in [5.74, 6) is 0.288. The Morgan fingerprint density at radius 1 is 1.13 bits per heavy atom. The summed E-state index contributed by atoms with van der Waals surface area (Å²) < 4.78 is 10.5. The third kappa shape index (κ3) is 3.25. The normalized spacial score (nSPS) is 23.1. The van der Waals surface area contributed by atoms with Crippen LogP contribution in [0.2, 0.25) is 0 Å². The molecule has 1 aliphatic carbocycles. The molecule has 23 heavy (non-hydrogen) atoms. The Kier molecular flexibility index (Phi) is 4.15. The van der Waals surface area contributed by atoms with Gasteiger partial charge in [0.15, 0.2) is 0 Å². The second-order valence-electron chi connectivity index (χ2n) is 6.32. The van der Waals surface area contributed by atoms with E-state index in [1.165, 1.54) is 0 Å². The second-order valence-corrected chi connectivity index (χ2v) is 6.32. The minimum absolute atomic E-state index is 0.00290. The number of carboxylic acids is 1. The summed E-state index contributed by atoms with van der Waals surface area (Å²) in [6.45, 7) is 1.39. The molecule has 1 aromatic carbocycles. The fourth-order valence-electron chi connectivity index (χ4n) is 3.17. The number of hydrogen-bond acceptors (Lipinski definition) is 4. The van der Waals surface area contributed by atoms with Gasteiger partial charge < -0.3 is 19.5 Å². The number of ether oxygens (including phenoxy) is 2. The minimum atomic E-state index is -0.858. The maximum Gasteiger partial charge on any atom is 0.307 e. The lowest BCUT2D eigenvalue weighted by Gasteiger charge is -2.39. The van der Waals surface area contributed by atoms with E-state index in [-0.39, 0.29) is 11.8 Å². The molecule has 1 saturated carbocycles. The van der Waals surface area contributed by atoms with Crippen LogP contribution in [0, 0.1) is 17.8 Å². The quantitative estimate of drug-likeness (QED) is 0.858. The van der Waals surface area contributed by atoms with Crippen molar-refractivity contribution in [2.75, 3.05) is 27.3 Å². The topological polar surface area (TPSA) is 76.1 Å². The van der Waals surface area contributed by atoms with Crippen molar-refractivity contribution in [3.05, 3.63) is 23.8 Å². The number of nitrogens with zero attached hydrogens (tertiary/aromatic N) is 1. The van der Waals surface area contributed by atoms with Crippen molar-refractivity contribution in [3.63, 3.8) is 0 Å². The molecular formula is C17H21NO5. The molecule has 1 aromatic rings. The molecule has 1 aliphatic heterocycles. The first kappa shape index (κ1) is 15.6. The van der Waals surface area contributed by atoms with Crippen LogP contribution in [0.5, 0.6) is 11.5 Å². The van der Waals surface area contributed by atoms with Crippen molar-refractivity contribution >= 4 is 11.9 Å².